The van der Waals surface area contributed by atoms with Crippen LogP contribution in [0.2, 0.25) is 0 Å². The Morgan fingerprint density at radius 3 is 2.44 bits per heavy atom. The summed E-state index contributed by atoms with van der Waals surface area (Å²) in [6.45, 7) is 6.47. The van der Waals surface area contributed by atoms with Crippen molar-refractivity contribution in [2.75, 3.05) is 5.32 Å². The molecule has 1 atom stereocenters. The second-order valence-electron chi connectivity index (χ2n) is 9.54. The molecular formula is C30H36N2O3S. The standard InChI is InChI=1S/C30H36N2O3S/c1-4-25(35-23-17-16-20(2)21(3)18-23)28(33)32-30-27(24-14-10-5-6-11-15-26(24)36-30)29(34)31-19-22-12-8-7-9-13-22/h7-9,12-13,16-18,25H,4-6,10-11,14-15,19H2,1-3H3,(H,31,34)(H,32,33). The first-order chi connectivity index (χ1) is 17.5. The van der Waals surface area contributed by atoms with Crippen LogP contribution in [0, 0.1) is 13.8 Å². The van der Waals surface area contributed by atoms with Crippen LogP contribution in [0.3, 0.4) is 0 Å². The Bertz CT molecular complexity index is 1200. The third-order valence-corrected chi connectivity index (χ3v) is 8.06. The van der Waals surface area contributed by atoms with E-state index in [1.54, 1.807) is 11.3 Å². The van der Waals surface area contributed by atoms with Crippen LogP contribution >= 0.6 is 11.3 Å². The summed E-state index contributed by atoms with van der Waals surface area (Å²) in [5, 5.41) is 6.80. The number of anilines is 1. The molecule has 0 bridgehead atoms. The molecule has 6 heteroatoms. The molecule has 2 N–H and O–H groups in total. The first-order valence-corrected chi connectivity index (χ1v) is 13.8. The minimum Gasteiger partial charge on any atom is -0.481 e. The van der Waals surface area contributed by atoms with Crippen molar-refractivity contribution in [3.8, 4) is 5.75 Å². The highest BCUT2D eigenvalue weighted by Crippen LogP contribution is 2.37. The lowest BCUT2D eigenvalue weighted by Crippen LogP contribution is -2.33. The Morgan fingerprint density at radius 1 is 0.972 bits per heavy atom. The van der Waals surface area contributed by atoms with Crippen molar-refractivity contribution >= 4 is 28.2 Å². The van der Waals surface area contributed by atoms with Crippen LogP contribution in [0.4, 0.5) is 5.00 Å². The van der Waals surface area contributed by atoms with Crippen LogP contribution in [0.1, 0.15) is 76.5 Å². The van der Waals surface area contributed by atoms with Crippen LogP contribution < -0.4 is 15.4 Å². The molecule has 5 nitrogen and oxygen atoms in total. The van der Waals surface area contributed by atoms with Gasteiger partial charge in [0.05, 0.1) is 5.56 Å². The Balaban J connectivity index is 1.56. The normalized spacial score (nSPS) is 14.2. The molecule has 0 saturated heterocycles. The summed E-state index contributed by atoms with van der Waals surface area (Å²) in [5.74, 6) is 0.330. The van der Waals surface area contributed by atoms with E-state index in [1.165, 1.54) is 23.3 Å². The number of ether oxygens (including phenoxy) is 1. The summed E-state index contributed by atoms with van der Waals surface area (Å²) in [7, 11) is 0. The van der Waals surface area contributed by atoms with Gasteiger partial charge >= 0.3 is 0 Å². The molecule has 0 radical (unpaired) electrons. The van der Waals surface area contributed by atoms with Gasteiger partial charge in [0.2, 0.25) is 0 Å². The van der Waals surface area contributed by atoms with E-state index in [-0.39, 0.29) is 11.8 Å². The van der Waals surface area contributed by atoms with Gasteiger partial charge in [0.15, 0.2) is 6.10 Å². The Morgan fingerprint density at radius 2 is 1.72 bits per heavy atom. The smallest absolute Gasteiger partial charge is 0.266 e. The third-order valence-electron chi connectivity index (χ3n) is 6.85. The minimum absolute atomic E-state index is 0.129. The van der Waals surface area contributed by atoms with E-state index in [0.717, 1.165) is 42.4 Å². The molecule has 2 amide bonds. The molecule has 0 saturated carbocycles. The van der Waals surface area contributed by atoms with Crippen molar-refractivity contribution in [1.29, 1.82) is 0 Å². The Labute approximate surface area is 218 Å². The summed E-state index contributed by atoms with van der Waals surface area (Å²) in [6, 6.07) is 15.8. The number of hydrogen-bond acceptors (Lipinski definition) is 4. The van der Waals surface area contributed by atoms with Crippen molar-refractivity contribution in [1.82, 2.24) is 5.32 Å². The van der Waals surface area contributed by atoms with Crippen LogP contribution in [0.5, 0.6) is 5.75 Å². The molecule has 0 aliphatic heterocycles. The third kappa shape index (κ3) is 6.35. The molecule has 36 heavy (non-hydrogen) atoms. The average Bonchev–Trinajstić information content (AvgIpc) is 3.19. The number of nitrogens with one attached hydrogen (secondary N) is 2. The van der Waals surface area contributed by atoms with E-state index in [0.29, 0.717) is 29.3 Å². The molecular weight excluding hydrogens is 468 g/mol. The van der Waals surface area contributed by atoms with Gasteiger partial charge in [-0.05, 0) is 80.3 Å². The predicted octanol–water partition coefficient (Wildman–Crippen LogP) is 6.75. The lowest BCUT2D eigenvalue weighted by atomic mass is 9.96. The van der Waals surface area contributed by atoms with E-state index in [2.05, 4.69) is 17.6 Å². The molecule has 190 valence electrons. The maximum atomic E-state index is 13.5. The van der Waals surface area contributed by atoms with Gasteiger partial charge < -0.3 is 15.4 Å². The number of rotatable bonds is 8. The van der Waals surface area contributed by atoms with Gasteiger partial charge in [-0.2, -0.15) is 0 Å². The molecule has 3 aromatic rings. The summed E-state index contributed by atoms with van der Waals surface area (Å²) >= 11 is 1.55. The van der Waals surface area contributed by atoms with Gasteiger partial charge in [-0.3, -0.25) is 9.59 Å². The van der Waals surface area contributed by atoms with Gasteiger partial charge in [-0.25, -0.2) is 0 Å². The number of carbonyl (C=O) groups is 2. The van der Waals surface area contributed by atoms with E-state index in [4.69, 9.17) is 4.74 Å². The van der Waals surface area contributed by atoms with E-state index >= 15 is 0 Å². The highest BCUT2D eigenvalue weighted by atomic mass is 32.1. The summed E-state index contributed by atoms with van der Waals surface area (Å²) < 4.78 is 6.07. The number of hydrogen-bond donors (Lipinski definition) is 2. The zero-order valence-electron chi connectivity index (χ0n) is 21.5. The van der Waals surface area contributed by atoms with Gasteiger partial charge in [0.25, 0.3) is 11.8 Å². The van der Waals surface area contributed by atoms with E-state index in [1.807, 2.05) is 62.4 Å². The number of benzene rings is 2. The summed E-state index contributed by atoms with van der Waals surface area (Å²) in [4.78, 5) is 28.0. The fraction of sp³-hybridized carbons (Fsp3) is 0.400. The second-order valence-corrected chi connectivity index (χ2v) is 10.6. The maximum Gasteiger partial charge on any atom is 0.266 e. The van der Waals surface area contributed by atoms with Crippen molar-refractivity contribution in [2.45, 2.75) is 78.4 Å². The summed E-state index contributed by atoms with van der Waals surface area (Å²) in [5.41, 5.74) is 5.08. The molecule has 2 aromatic carbocycles. The second kappa shape index (κ2) is 12.2. The first-order valence-electron chi connectivity index (χ1n) is 13.0. The fourth-order valence-electron chi connectivity index (χ4n) is 4.58. The zero-order chi connectivity index (χ0) is 25.5. The molecule has 1 heterocycles. The molecule has 1 aliphatic rings. The SMILES string of the molecule is CCC(Oc1ccc(C)c(C)c1)C(=O)Nc1sc2c(c1C(=O)NCc1ccccc1)CCCCCC2. The largest absolute Gasteiger partial charge is 0.481 e. The zero-order valence-corrected chi connectivity index (χ0v) is 22.3. The van der Waals surface area contributed by atoms with Gasteiger partial charge in [-0.15, -0.1) is 11.3 Å². The quantitative estimate of drug-likeness (QED) is 0.357. The number of fused-ring (bicyclic) bond motifs is 1. The van der Waals surface area contributed by atoms with Crippen molar-refractivity contribution in [3.63, 3.8) is 0 Å². The Hall–Kier alpha value is -3.12. The monoisotopic (exact) mass is 504 g/mol. The van der Waals surface area contributed by atoms with Gasteiger partial charge in [0, 0.05) is 11.4 Å². The summed E-state index contributed by atoms with van der Waals surface area (Å²) in [6.07, 6.45) is 6.25. The lowest BCUT2D eigenvalue weighted by Gasteiger charge is -2.18. The Kier molecular flexibility index (Phi) is 8.81. The van der Waals surface area contributed by atoms with Crippen LogP contribution in [-0.2, 0) is 24.2 Å². The van der Waals surface area contributed by atoms with E-state index in [9.17, 15) is 9.59 Å². The van der Waals surface area contributed by atoms with Gasteiger partial charge in [-0.1, -0.05) is 56.2 Å². The first kappa shape index (κ1) is 26.0. The molecule has 4 rings (SSSR count). The molecule has 1 aromatic heterocycles. The van der Waals surface area contributed by atoms with Crippen molar-refractivity contribution < 1.29 is 14.3 Å². The molecule has 0 fully saturated rings. The average molecular weight is 505 g/mol. The highest BCUT2D eigenvalue weighted by Gasteiger charge is 2.27. The number of thiophene rings is 1. The van der Waals surface area contributed by atoms with Crippen LogP contribution in [0.15, 0.2) is 48.5 Å². The maximum absolute atomic E-state index is 13.5. The molecule has 1 aliphatic carbocycles. The highest BCUT2D eigenvalue weighted by molar-refractivity contribution is 7.17. The van der Waals surface area contributed by atoms with Crippen LogP contribution in [-0.4, -0.2) is 17.9 Å². The number of amides is 2. The topological polar surface area (TPSA) is 67.4 Å². The van der Waals surface area contributed by atoms with Crippen LogP contribution in [0.25, 0.3) is 0 Å². The van der Waals surface area contributed by atoms with Crippen molar-refractivity contribution in [3.05, 3.63) is 81.2 Å². The minimum atomic E-state index is -0.642. The van der Waals surface area contributed by atoms with Gasteiger partial charge in [0.1, 0.15) is 10.8 Å². The number of aryl methyl sites for hydroxylation is 3. The molecule has 1 unspecified atom stereocenters. The van der Waals surface area contributed by atoms with Crippen molar-refractivity contribution in [2.24, 2.45) is 0 Å². The van der Waals surface area contributed by atoms with E-state index < -0.39 is 6.10 Å². The molecule has 0 spiro atoms. The predicted molar refractivity (Wildman–Crippen MR) is 147 cm³/mol. The lowest BCUT2D eigenvalue weighted by molar-refractivity contribution is -0.122. The fourth-order valence-corrected chi connectivity index (χ4v) is 5.87. The number of carbonyl (C=O) groups excluding carboxylic acids is 2.